The van der Waals surface area contributed by atoms with Crippen LogP contribution in [0.5, 0.6) is 0 Å². The minimum absolute atomic E-state index is 0.359. The van der Waals surface area contributed by atoms with Crippen LogP contribution in [0.15, 0.2) is 0 Å². The summed E-state index contributed by atoms with van der Waals surface area (Å²) in [5.74, 6) is 0. The van der Waals surface area contributed by atoms with Gasteiger partial charge in [0.25, 0.3) is 0 Å². The quantitative estimate of drug-likeness (QED) is 0.599. The molecule has 0 saturated carbocycles. The van der Waals surface area contributed by atoms with Crippen LogP contribution in [0.25, 0.3) is 0 Å². The van der Waals surface area contributed by atoms with E-state index in [-0.39, 0.29) is 0 Å². The summed E-state index contributed by atoms with van der Waals surface area (Å²) in [5, 5.41) is 0. The molecule has 0 amide bonds. The van der Waals surface area contributed by atoms with Crippen LogP contribution in [0.3, 0.4) is 0 Å². The Morgan fingerprint density at radius 2 is 1.73 bits per heavy atom. The van der Waals surface area contributed by atoms with Crippen LogP contribution in [0.2, 0.25) is 12.6 Å². The summed E-state index contributed by atoms with van der Waals surface area (Å²) < 4.78 is 0. The predicted octanol–water partition coefficient (Wildman–Crippen LogP) is 3.18. The normalized spacial score (nSPS) is 26.9. The molecule has 0 aromatic heterocycles. The van der Waals surface area contributed by atoms with Gasteiger partial charge in [0.2, 0.25) is 0 Å². The topological polar surface area (TPSA) is 3.24 Å². The molecule has 0 atom stereocenters. The molecule has 1 rings (SSSR count). The molecule has 88 valence electrons. The van der Waals surface area contributed by atoms with Crippen LogP contribution in [0.1, 0.15) is 48.0 Å². The Morgan fingerprint density at radius 1 is 1.13 bits per heavy atom. The Hall–Kier alpha value is 0.0249. The van der Waals surface area contributed by atoms with Crippen LogP contribution in [-0.2, 0) is 0 Å². The molecule has 15 heavy (non-hydrogen) atoms. The van der Waals surface area contributed by atoms with E-state index in [1.807, 2.05) is 0 Å². The highest BCUT2D eigenvalue weighted by molar-refractivity contribution is 6.35. The molecule has 0 N–H and O–H groups in total. The highest BCUT2D eigenvalue weighted by Gasteiger charge is 2.36. The molecule has 0 radical (unpaired) electrons. The Kier molecular flexibility index (Phi) is 3.92. The van der Waals surface area contributed by atoms with Crippen molar-refractivity contribution >= 4 is 7.28 Å². The molecule has 0 aromatic carbocycles. The van der Waals surface area contributed by atoms with Crippen LogP contribution in [0, 0.1) is 5.41 Å². The van der Waals surface area contributed by atoms with Crippen LogP contribution in [-0.4, -0.2) is 30.3 Å². The highest BCUT2D eigenvalue weighted by atomic mass is 15.2. The molecule has 0 aromatic rings. The Labute approximate surface area is 96.9 Å². The van der Waals surface area contributed by atoms with Gasteiger partial charge in [-0.1, -0.05) is 26.5 Å². The van der Waals surface area contributed by atoms with Gasteiger partial charge >= 0.3 is 0 Å². The fourth-order valence-corrected chi connectivity index (χ4v) is 3.51. The summed E-state index contributed by atoms with van der Waals surface area (Å²) in [5.41, 5.74) is 0.870. The van der Waals surface area contributed by atoms with Crippen molar-refractivity contribution in [1.29, 1.82) is 0 Å². The number of hydrogen-bond acceptors (Lipinski definition) is 1. The van der Waals surface area contributed by atoms with E-state index in [1.165, 1.54) is 32.9 Å². The van der Waals surface area contributed by atoms with E-state index in [2.05, 4.69) is 46.4 Å². The molecule has 0 spiro atoms. The van der Waals surface area contributed by atoms with E-state index in [0.29, 0.717) is 17.0 Å². The van der Waals surface area contributed by atoms with Gasteiger partial charge in [-0.05, 0) is 46.1 Å². The summed E-state index contributed by atoms with van der Waals surface area (Å²) in [7, 11) is 1.40. The third kappa shape index (κ3) is 3.51. The first-order valence-electron chi connectivity index (χ1n) is 6.51. The molecular weight excluding hydrogens is 181 g/mol. The summed E-state index contributed by atoms with van der Waals surface area (Å²) >= 11 is 0. The third-order valence-corrected chi connectivity index (χ3v) is 3.81. The Balaban J connectivity index is 2.81. The van der Waals surface area contributed by atoms with Crippen molar-refractivity contribution < 1.29 is 0 Å². The van der Waals surface area contributed by atoms with Crippen molar-refractivity contribution in [2.24, 2.45) is 5.41 Å². The molecule has 1 saturated heterocycles. The van der Waals surface area contributed by atoms with E-state index in [1.54, 1.807) is 0 Å². The lowest BCUT2D eigenvalue weighted by molar-refractivity contribution is 0.0510. The predicted molar refractivity (Wildman–Crippen MR) is 71.1 cm³/mol. The van der Waals surface area contributed by atoms with Gasteiger partial charge in [-0.3, -0.25) is 4.90 Å². The van der Waals surface area contributed by atoms with E-state index in [0.717, 1.165) is 0 Å². The van der Waals surface area contributed by atoms with Crippen molar-refractivity contribution in [3.05, 3.63) is 0 Å². The second-order valence-electron chi connectivity index (χ2n) is 6.90. The minimum atomic E-state index is 0.359. The standard InChI is InChI=1S/C13H28BN/c1-11(2)15-8-7-14-10-12(3,4)9-13(15,5)6/h11,14H,7-10H2,1-6H3. The summed E-state index contributed by atoms with van der Waals surface area (Å²) in [6.07, 6.45) is 4.07. The van der Waals surface area contributed by atoms with Crippen LogP contribution in [0.4, 0.5) is 0 Å². The molecule has 0 unspecified atom stereocenters. The molecule has 1 heterocycles. The van der Waals surface area contributed by atoms with Crippen molar-refractivity contribution in [2.75, 3.05) is 6.54 Å². The van der Waals surface area contributed by atoms with Gasteiger partial charge in [0.05, 0.1) is 0 Å². The minimum Gasteiger partial charge on any atom is -0.296 e. The van der Waals surface area contributed by atoms with E-state index in [4.69, 9.17) is 0 Å². The highest BCUT2D eigenvalue weighted by Crippen LogP contribution is 2.37. The van der Waals surface area contributed by atoms with Crippen molar-refractivity contribution in [2.45, 2.75) is 72.2 Å². The lowest BCUT2D eigenvalue weighted by atomic mass is 9.58. The first-order valence-corrected chi connectivity index (χ1v) is 6.51. The van der Waals surface area contributed by atoms with Gasteiger partial charge in [0.15, 0.2) is 0 Å². The van der Waals surface area contributed by atoms with Gasteiger partial charge in [-0.15, -0.1) is 0 Å². The van der Waals surface area contributed by atoms with E-state index < -0.39 is 0 Å². The van der Waals surface area contributed by atoms with Crippen molar-refractivity contribution in [3.8, 4) is 0 Å². The maximum atomic E-state index is 2.69. The molecule has 1 aliphatic rings. The molecule has 2 heteroatoms. The maximum Gasteiger partial charge on any atom is 0.122 e. The van der Waals surface area contributed by atoms with Gasteiger partial charge in [-0.25, -0.2) is 0 Å². The molecule has 0 bridgehead atoms. The maximum absolute atomic E-state index is 2.69. The van der Waals surface area contributed by atoms with Gasteiger partial charge in [0, 0.05) is 11.6 Å². The van der Waals surface area contributed by atoms with E-state index >= 15 is 0 Å². The second-order valence-corrected chi connectivity index (χ2v) is 6.90. The van der Waals surface area contributed by atoms with Crippen LogP contribution < -0.4 is 0 Å². The lowest BCUT2D eigenvalue weighted by Gasteiger charge is -2.47. The zero-order valence-corrected chi connectivity index (χ0v) is 11.6. The number of rotatable bonds is 1. The van der Waals surface area contributed by atoms with Gasteiger partial charge in [0.1, 0.15) is 7.28 Å². The monoisotopic (exact) mass is 209 g/mol. The van der Waals surface area contributed by atoms with Crippen molar-refractivity contribution in [3.63, 3.8) is 0 Å². The largest absolute Gasteiger partial charge is 0.296 e. The number of hydrogen-bond donors (Lipinski definition) is 0. The lowest BCUT2D eigenvalue weighted by Crippen LogP contribution is -2.51. The fourth-order valence-electron chi connectivity index (χ4n) is 3.51. The zero-order chi connectivity index (χ0) is 11.7. The van der Waals surface area contributed by atoms with E-state index in [9.17, 15) is 0 Å². The van der Waals surface area contributed by atoms with Gasteiger partial charge < -0.3 is 0 Å². The molecule has 1 fully saturated rings. The number of nitrogens with zero attached hydrogens (tertiary/aromatic N) is 1. The molecule has 0 aliphatic carbocycles. The molecule has 1 nitrogen and oxygen atoms in total. The van der Waals surface area contributed by atoms with Gasteiger partial charge in [-0.2, -0.15) is 0 Å². The summed E-state index contributed by atoms with van der Waals surface area (Å²) in [6.45, 7) is 15.6. The molecular formula is C13H28BN. The SMILES string of the molecule is CC(C)N1CCBCC(C)(C)CC1(C)C. The average molecular weight is 209 g/mol. The Morgan fingerprint density at radius 3 is 2.27 bits per heavy atom. The van der Waals surface area contributed by atoms with Crippen LogP contribution >= 0.6 is 0 Å². The summed E-state index contributed by atoms with van der Waals surface area (Å²) in [6, 6.07) is 0.675. The molecule has 1 aliphatic heterocycles. The Bertz CT molecular complexity index is 209. The first-order chi connectivity index (χ1) is 6.75. The smallest absolute Gasteiger partial charge is 0.122 e. The van der Waals surface area contributed by atoms with Crippen molar-refractivity contribution in [1.82, 2.24) is 4.90 Å². The first kappa shape index (κ1) is 13.1. The fraction of sp³-hybridized carbons (Fsp3) is 1.00. The third-order valence-electron chi connectivity index (χ3n) is 3.81. The average Bonchev–Trinajstić information content (AvgIpc) is 1.97. The second kappa shape index (κ2) is 4.49. The zero-order valence-electron chi connectivity index (χ0n) is 11.6. The summed E-state index contributed by atoms with van der Waals surface area (Å²) in [4.78, 5) is 2.69.